The number of thiazole rings is 1. The lowest BCUT2D eigenvalue weighted by atomic mass is 10.2. The number of aryl methyl sites for hydroxylation is 2. The molecule has 0 aliphatic heterocycles. The first kappa shape index (κ1) is 20.9. The minimum Gasteiger partial charge on any atom is -0.269 e. The molecule has 0 fully saturated rings. The summed E-state index contributed by atoms with van der Waals surface area (Å²) in [4.78, 5) is 36.0. The largest absolute Gasteiger partial charge is 0.269 e. The average molecular weight is 481 g/mol. The lowest BCUT2D eigenvalue weighted by molar-refractivity contribution is 0.814. The highest BCUT2D eigenvalue weighted by Crippen LogP contribution is 2.26. The molecule has 0 spiro atoms. The van der Waals surface area contributed by atoms with Gasteiger partial charge in [-0.3, -0.25) is 18.6 Å². The molecule has 0 saturated heterocycles. The van der Waals surface area contributed by atoms with E-state index in [0.717, 1.165) is 16.9 Å². The van der Waals surface area contributed by atoms with Gasteiger partial charge in [-0.2, -0.15) is 0 Å². The predicted molar refractivity (Wildman–Crippen MR) is 131 cm³/mol. The second-order valence-corrected chi connectivity index (χ2v) is 9.57. The number of hydrogen-bond donors (Lipinski definition) is 0. The van der Waals surface area contributed by atoms with Gasteiger partial charge in [0, 0.05) is 27.9 Å². The second-order valence-electron chi connectivity index (χ2n) is 7.35. The summed E-state index contributed by atoms with van der Waals surface area (Å²) in [5, 5.41) is 3.44. The Morgan fingerprint density at radius 1 is 1.06 bits per heavy atom. The van der Waals surface area contributed by atoms with Crippen molar-refractivity contribution >= 4 is 50.6 Å². The van der Waals surface area contributed by atoms with Crippen molar-refractivity contribution in [2.75, 3.05) is 0 Å². The molecule has 3 heterocycles. The Morgan fingerprint density at radius 3 is 2.69 bits per heavy atom. The first-order valence-electron chi connectivity index (χ1n) is 9.80. The third-order valence-corrected chi connectivity index (χ3v) is 7.29. The maximum atomic E-state index is 13.5. The molecular weight excluding hydrogens is 464 g/mol. The van der Waals surface area contributed by atoms with Crippen LogP contribution in [0.25, 0.3) is 21.6 Å². The number of fused-ring (bicyclic) bond motifs is 2. The summed E-state index contributed by atoms with van der Waals surface area (Å²) in [7, 11) is 0. The first-order valence-corrected chi connectivity index (χ1v) is 12.0. The highest BCUT2D eigenvalue weighted by molar-refractivity contribution is 7.98. The summed E-state index contributed by atoms with van der Waals surface area (Å²) >= 11 is 8.95. The van der Waals surface area contributed by atoms with E-state index in [0.29, 0.717) is 37.5 Å². The molecule has 0 unspecified atom stereocenters. The third kappa shape index (κ3) is 3.64. The van der Waals surface area contributed by atoms with Crippen LogP contribution in [0.5, 0.6) is 0 Å². The highest BCUT2D eigenvalue weighted by atomic mass is 35.5. The SMILES string of the molecule is Cc1ccccc1-n1c(SCc2cc(=O)n3c(C)csc3n2)nc2cc(Cl)ccc2c1=O. The molecule has 0 amide bonds. The molecule has 32 heavy (non-hydrogen) atoms. The van der Waals surface area contributed by atoms with Crippen molar-refractivity contribution in [3.05, 3.63) is 96.6 Å². The lowest BCUT2D eigenvalue weighted by Crippen LogP contribution is -2.22. The monoisotopic (exact) mass is 480 g/mol. The number of nitrogens with zero attached hydrogens (tertiary/aromatic N) is 4. The fraction of sp³-hybridized carbons (Fsp3) is 0.130. The Hall–Kier alpha value is -2.94. The van der Waals surface area contributed by atoms with Crippen molar-refractivity contribution in [2.45, 2.75) is 24.8 Å². The van der Waals surface area contributed by atoms with Gasteiger partial charge in [-0.25, -0.2) is 9.97 Å². The van der Waals surface area contributed by atoms with E-state index in [-0.39, 0.29) is 11.1 Å². The van der Waals surface area contributed by atoms with E-state index in [1.165, 1.54) is 29.2 Å². The number of para-hydroxylation sites is 1. The summed E-state index contributed by atoms with van der Waals surface area (Å²) in [6.45, 7) is 3.84. The van der Waals surface area contributed by atoms with Gasteiger partial charge >= 0.3 is 0 Å². The van der Waals surface area contributed by atoms with Crippen LogP contribution >= 0.6 is 34.7 Å². The molecule has 5 rings (SSSR count). The molecule has 160 valence electrons. The van der Waals surface area contributed by atoms with E-state index in [2.05, 4.69) is 4.98 Å². The Kier molecular flexibility index (Phi) is 5.36. The first-order chi connectivity index (χ1) is 15.4. The summed E-state index contributed by atoms with van der Waals surface area (Å²) < 4.78 is 3.22. The van der Waals surface area contributed by atoms with Crippen LogP contribution in [0.1, 0.15) is 17.0 Å². The summed E-state index contributed by atoms with van der Waals surface area (Å²) in [5.74, 6) is 0.396. The summed E-state index contributed by atoms with van der Waals surface area (Å²) in [5.41, 5.74) is 3.48. The second kappa shape index (κ2) is 8.20. The van der Waals surface area contributed by atoms with Crippen LogP contribution in [0, 0.1) is 13.8 Å². The van der Waals surface area contributed by atoms with Gasteiger partial charge in [-0.1, -0.05) is 41.6 Å². The van der Waals surface area contributed by atoms with E-state index < -0.39 is 0 Å². The van der Waals surface area contributed by atoms with E-state index in [4.69, 9.17) is 16.6 Å². The van der Waals surface area contributed by atoms with Gasteiger partial charge in [-0.15, -0.1) is 11.3 Å². The van der Waals surface area contributed by atoms with Crippen molar-refractivity contribution in [1.82, 2.24) is 18.9 Å². The fourth-order valence-electron chi connectivity index (χ4n) is 3.58. The molecule has 3 aromatic heterocycles. The topological polar surface area (TPSA) is 69.3 Å². The lowest BCUT2D eigenvalue weighted by Gasteiger charge is -2.15. The van der Waals surface area contributed by atoms with Crippen molar-refractivity contribution in [3.63, 3.8) is 0 Å². The zero-order valence-electron chi connectivity index (χ0n) is 17.2. The minimum absolute atomic E-state index is 0.112. The molecule has 0 saturated carbocycles. The van der Waals surface area contributed by atoms with E-state index in [1.54, 1.807) is 27.2 Å². The van der Waals surface area contributed by atoms with Gasteiger partial charge in [0.25, 0.3) is 11.1 Å². The normalized spacial score (nSPS) is 11.5. The maximum absolute atomic E-state index is 13.5. The van der Waals surface area contributed by atoms with Crippen LogP contribution in [-0.4, -0.2) is 18.9 Å². The van der Waals surface area contributed by atoms with E-state index in [9.17, 15) is 9.59 Å². The molecule has 0 N–H and O–H groups in total. The molecule has 0 atom stereocenters. The summed E-state index contributed by atoms with van der Waals surface area (Å²) in [6, 6.07) is 14.3. The van der Waals surface area contributed by atoms with Gasteiger partial charge in [0.2, 0.25) is 0 Å². The molecule has 0 radical (unpaired) electrons. The quantitative estimate of drug-likeness (QED) is 0.267. The Balaban J connectivity index is 1.64. The molecular formula is C23H17ClN4O2S2. The van der Waals surface area contributed by atoms with E-state index >= 15 is 0 Å². The Morgan fingerprint density at radius 2 is 1.88 bits per heavy atom. The highest BCUT2D eigenvalue weighted by Gasteiger charge is 2.16. The van der Waals surface area contributed by atoms with E-state index in [1.807, 2.05) is 43.5 Å². The molecule has 6 nitrogen and oxygen atoms in total. The molecule has 9 heteroatoms. The number of rotatable bonds is 4. The fourth-order valence-corrected chi connectivity index (χ4v) is 5.53. The van der Waals surface area contributed by atoms with Crippen LogP contribution < -0.4 is 11.1 Å². The van der Waals surface area contributed by atoms with Crippen LogP contribution in [0.3, 0.4) is 0 Å². The van der Waals surface area contributed by atoms with Crippen LogP contribution in [0.4, 0.5) is 0 Å². The van der Waals surface area contributed by atoms with Gasteiger partial charge in [0.15, 0.2) is 10.1 Å². The van der Waals surface area contributed by atoms with Crippen molar-refractivity contribution < 1.29 is 0 Å². The van der Waals surface area contributed by atoms with Crippen molar-refractivity contribution in [2.24, 2.45) is 0 Å². The summed E-state index contributed by atoms with van der Waals surface area (Å²) in [6.07, 6.45) is 0. The van der Waals surface area contributed by atoms with Gasteiger partial charge in [0.05, 0.1) is 22.3 Å². The zero-order valence-corrected chi connectivity index (χ0v) is 19.6. The Labute approximate surface area is 196 Å². The third-order valence-electron chi connectivity index (χ3n) is 5.13. The molecule has 0 aliphatic rings. The van der Waals surface area contributed by atoms with Crippen LogP contribution in [0.2, 0.25) is 5.02 Å². The maximum Gasteiger partial charge on any atom is 0.266 e. The van der Waals surface area contributed by atoms with Gasteiger partial charge in [-0.05, 0) is 43.7 Å². The molecule has 0 bridgehead atoms. The number of benzene rings is 2. The van der Waals surface area contributed by atoms with Gasteiger partial charge in [0.1, 0.15) is 0 Å². The number of hydrogen-bond acceptors (Lipinski definition) is 6. The standard InChI is InChI=1S/C23H17ClN4O2S2/c1-13-5-3-4-6-19(13)28-21(30)17-8-7-15(24)9-18(17)26-23(28)32-12-16-10-20(29)27-14(2)11-31-22(27)25-16/h3-11H,12H2,1-2H3. The average Bonchev–Trinajstić information content (AvgIpc) is 3.14. The van der Waals surface area contributed by atoms with Crippen molar-refractivity contribution in [1.29, 1.82) is 0 Å². The molecule has 5 aromatic rings. The minimum atomic E-state index is -0.166. The zero-order chi connectivity index (χ0) is 22.4. The predicted octanol–water partition coefficient (Wildman–Crippen LogP) is 5.02. The van der Waals surface area contributed by atoms with Crippen molar-refractivity contribution in [3.8, 4) is 5.69 Å². The van der Waals surface area contributed by atoms with Crippen LogP contribution in [-0.2, 0) is 5.75 Å². The molecule has 2 aromatic carbocycles. The van der Waals surface area contributed by atoms with Crippen LogP contribution in [0.15, 0.2) is 68.7 Å². The number of aromatic nitrogens is 4. The number of halogens is 1. The number of thioether (sulfide) groups is 1. The Bertz CT molecular complexity index is 1620. The molecule has 0 aliphatic carbocycles. The smallest absolute Gasteiger partial charge is 0.266 e. The van der Waals surface area contributed by atoms with Gasteiger partial charge < -0.3 is 0 Å².